The SMILES string of the molecule is COc1ccc(N)cc1NC(=O)c1ccc(Cl)cn1. The highest BCUT2D eigenvalue weighted by Gasteiger charge is 2.11. The van der Waals surface area contributed by atoms with Crippen LogP contribution in [0.2, 0.25) is 5.02 Å². The van der Waals surface area contributed by atoms with Gasteiger partial charge in [0.25, 0.3) is 5.91 Å². The van der Waals surface area contributed by atoms with Crippen LogP contribution < -0.4 is 15.8 Å². The number of aromatic nitrogens is 1. The van der Waals surface area contributed by atoms with Crippen molar-refractivity contribution in [2.24, 2.45) is 0 Å². The zero-order chi connectivity index (χ0) is 13.8. The van der Waals surface area contributed by atoms with Gasteiger partial charge in [-0.15, -0.1) is 0 Å². The highest BCUT2D eigenvalue weighted by Crippen LogP contribution is 2.26. The van der Waals surface area contributed by atoms with Crippen LogP contribution in [0, 0.1) is 0 Å². The molecule has 0 saturated heterocycles. The third-order valence-corrected chi connectivity index (χ3v) is 2.66. The van der Waals surface area contributed by atoms with E-state index in [0.717, 1.165) is 0 Å². The van der Waals surface area contributed by atoms with E-state index in [4.69, 9.17) is 22.1 Å². The van der Waals surface area contributed by atoms with E-state index in [1.807, 2.05) is 0 Å². The zero-order valence-electron chi connectivity index (χ0n) is 10.2. The van der Waals surface area contributed by atoms with Crippen LogP contribution in [0.3, 0.4) is 0 Å². The van der Waals surface area contributed by atoms with E-state index >= 15 is 0 Å². The third kappa shape index (κ3) is 3.14. The average molecular weight is 278 g/mol. The fraction of sp³-hybridized carbons (Fsp3) is 0.0769. The lowest BCUT2D eigenvalue weighted by molar-refractivity contribution is 0.102. The summed E-state index contributed by atoms with van der Waals surface area (Å²) in [6.45, 7) is 0. The van der Waals surface area contributed by atoms with Gasteiger partial charge in [0.2, 0.25) is 0 Å². The number of hydrogen-bond donors (Lipinski definition) is 2. The molecular weight excluding hydrogens is 266 g/mol. The number of nitrogens with zero attached hydrogens (tertiary/aromatic N) is 1. The molecule has 1 heterocycles. The van der Waals surface area contributed by atoms with E-state index < -0.39 is 0 Å². The van der Waals surface area contributed by atoms with Gasteiger partial charge >= 0.3 is 0 Å². The monoisotopic (exact) mass is 277 g/mol. The second kappa shape index (κ2) is 5.58. The van der Waals surface area contributed by atoms with E-state index in [1.165, 1.54) is 19.4 Å². The molecule has 6 heteroatoms. The Morgan fingerprint density at radius 1 is 1.37 bits per heavy atom. The molecule has 0 spiro atoms. The van der Waals surface area contributed by atoms with Crippen molar-refractivity contribution in [3.05, 3.63) is 47.2 Å². The van der Waals surface area contributed by atoms with Gasteiger partial charge in [-0.25, -0.2) is 4.98 Å². The number of anilines is 2. The number of ether oxygens (including phenoxy) is 1. The number of hydrogen-bond acceptors (Lipinski definition) is 4. The van der Waals surface area contributed by atoms with Crippen LogP contribution in [0.15, 0.2) is 36.5 Å². The maximum atomic E-state index is 12.0. The molecule has 0 atom stereocenters. The van der Waals surface area contributed by atoms with Gasteiger partial charge < -0.3 is 15.8 Å². The lowest BCUT2D eigenvalue weighted by atomic mass is 10.2. The minimum Gasteiger partial charge on any atom is -0.495 e. The summed E-state index contributed by atoms with van der Waals surface area (Å²) in [5, 5.41) is 3.16. The number of amides is 1. The third-order valence-electron chi connectivity index (χ3n) is 2.43. The van der Waals surface area contributed by atoms with Crippen molar-refractivity contribution in [2.45, 2.75) is 0 Å². The van der Waals surface area contributed by atoms with Crippen molar-refractivity contribution in [3.8, 4) is 5.75 Å². The average Bonchev–Trinajstić information content (AvgIpc) is 2.39. The number of nitrogens with two attached hydrogens (primary N) is 1. The molecule has 0 unspecified atom stereocenters. The number of pyridine rings is 1. The highest BCUT2D eigenvalue weighted by molar-refractivity contribution is 6.30. The summed E-state index contributed by atoms with van der Waals surface area (Å²) in [7, 11) is 1.52. The van der Waals surface area contributed by atoms with E-state index in [1.54, 1.807) is 24.3 Å². The number of carbonyl (C=O) groups is 1. The predicted octanol–water partition coefficient (Wildman–Crippen LogP) is 2.58. The Labute approximate surface area is 115 Å². The van der Waals surface area contributed by atoms with Crippen molar-refractivity contribution < 1.29 is 9.53 Å². The molecular formula is C13H12ClN3O2. The van der Waals surface area contributed by atoms with Gasteiger partial charge in [-0.3, -0.25) is 4.79 Å². The maximum Gasteiger partial charge on any atom is 0.274 e. The molecule has 2 rings (SSSR count). The van der Waals surface area contributed by atoms with Gasteiger partial charge in [0.15, 0.2) is 0 Å². The van der Waals surface area contributed by atoms with Crippen LogP contribution in [0.5, 0.6) is 5.75 Å². The molecule has 0 aliphatic heterocycles. The Balaban J connectivity index is 2.23. The van der Waals surface area contributed by atoms with Crippen LogP contribution in [0.1, 0.15) is 10.5 Å². The fourth-order valence-electron chi connectivity index (χ4n) is 1.52. The molecule has 0 aliphatic rings. The molecule has 1 aromatic heterocycles. The van der Waals surface area contributed by atoms with Gasteiger partial charge in [-0.2, -0.15) is 0 Å². The topological polar surface area (TPSA) is 77.2 Å². The Morgan fingerprint density at radius 2 is 2.16 bits per heavy atom. The fourth-order valence-corrected chi connectivity index (χ4v) is 1.63. The largest absolute Gasteiger partial charge is 0.495 e. The molecule has 0 bridgehead atoms. The Hall–Kier alpha value is -2.27. The van der Waals surface area contributed by atoms with E-state index in [-0.39, 0.29) is 11.6 Å². The predicted molar refractivity (Wildman–Crippen MR) is 74.6 cm³/mol. The van der Waals surface area contributed by atoms with Gasteiger partial charge in [-0.05, 0) is 30.3 Å². The van der Waals surface area contributed by atoms with Crippen LogP contribution in [-0.4, -0.2) is 18.0 Å². The second-order valence-corrected chi connectivity index (χ2v) is 4.21. The van der Waals surface area contributed by atoms with Crippen molar-refractivity contribution in [1.29, 1.82) is 0 Å². The molecule has 0 radical (unpaired) electrons. The molecule has 1 aromatic carbocycles. The molecule has 2 aromatic rings. The minimum absolute atomic E-state index is 0.258. The summed E-state index contributed by atoms with van der Waals surface area (Å²) in [5.41, 5.74) is 6.95. The number of halogens is 1. The first kappa shape index (κ1) is 13.2. The van der Waals surface area contributed by atoms with Crippen LogP contribution >= 0.6 is 11.6 Å². The molecule has 19 heavy (non-hydrogen) atoms. The lowest BCUT2D eigenvalue weighted by Gasteiger charge is -2.10. The van der Waals surface area contributed by atoms with Gasteiger partial charge in [0.1, 0.15) is 11.4 Å². The second-order valence-electron chi connectivity index (χ2n) is 3.78. The first-order valence-electron chi connectivity index (χ1n) is 5.46. The summed E-state index contributed by atoms with van der Waals surface area (Å²) >= 11 is 5.71. The number of nitrogen functional groups attached to an aromatic ring is 1. The van der Waals surface area contributed by atoms with Gasteiger partial charge in [0, 0.05) is 11.9 Å². The first-order chi connectivity index (χ1) is 9.10. The van der Waals surface area contributed by atoms with Crippen molar-refractivity contribution >= 4 is 28.9 Å². The van der Waals surface area contributed by atoms with E-state index in [9.17, 15) is 4.79 Å². The van der Waals surface area contributed by atoms with Gasteiger partial charge in [-0.1, -0.05) is 11.6 Å². The summed E-state index contributed by atoms with van der Waals surface area (Å²) in [5.74, 6) is 0.164. The van der Waals surface area contributed by atoms with Crippen molar-refractivity contribution in [3.63, 3.8) is 0 Å². The zero-order valence-corrected chi connectivity index (χ0v) is 10.9. The van der Waals surface area contributed by atoms with Crippen molar-refractivity contribution in [1.82, 2.24) is 4.98 Å². The van der Waals surface area contributed by atoms with Crippen LogP contribution in [0.25, 0.3) is 0 Å². The van der Waals surface area contributed by atoms with Crippen LogP contribution in [0.4, 0.5) is 11.4 Å². The Morgan fingerprint density at radius 3 is 2.79 bits per heavy atom. The Kier molecular flexibility index (Phi) is 3.87. The summed E-state index contributed by atoms with van der Waals surface area (Å²) in [6, 6.07) is 8.12. The van der Waals surface area contributed by atoms with E-state index in [0.29, 0.717) is 22.1 Å². The van der Waals surface area contributed by atoms with E-state index in [2.05, 4.69) is 10.3 Å². The number of benzene rings is 1. The molecule has 98 valence electrons. The minimum atomic E-state index is -0.361. The molecule has 5 nitrogen and oxygen atoms in total. The molecule has 0 saturated carbocycles. The standard InChI is InChI=1S/C13H12ClN3O2/c1-19-12-5-3-9(15)6-11(12)17-13(18)10-4-2-8(14)7-16-10/h2-7H,15H2,1H3,(H,17,18). The summed E-state index contributed by atoms with van der Waals surface area (Å²) in [4.78, 5) is 15.9. The van der Waals surface area contributed by atoms with Gasteiger partial charge in [0.05, 0.1) is 17.8 Å². The first-order valence-corrected chi connectivity index (χ1v) is 5.84. The Bertz CT molecular complexity index is 599. The number of nitrogens with one attached hydrogen (secondary N) is 1. The number of rotatable bonds is 3. The highest BCUT2D eigenvalue weighted by atomic mass is 35.5. The summed E-state index contributed by atoms with van der Waals surface area (Å²) in [6.07, 6.45) is 1.41. The maximum absolute atomic E-state index is 12.0. The smallest absolute Gasteiger partial charge is 0.274 e. The quantitative estimate of drug-likeness (QED) is 0.846. The number of carbonyl (C=O) groups excluding carboxylic acids is 1. The summed E-state index contributed by atoms with van der Waals surface area (Å²) < 4.78 is 5.14. The normalized spacial score (nSPS) is 10.0. The lowest BCUT2D eigenvalue weighted by Crippen LogP contribution is -2.14. The van der Waals surface area contributed by atoms with Crippen LogP contribution in [-0.2, 0) is 0 Å². The molecule has 3 N–H and O–H groups in total. The molecule has 0 fully saturated rings. The van der Waals surface area contributed by atoms with Crippen molar-refractivity contribution in [2.75, 3.05) is 18.2 Å². The molecule has 0 aliphatic carbocycles. The molecule has 1 amide bonds. The number of methoxy groups -OCH3 is 1.